The maximum Gasteiger partial charge on any atom is 0.217 e. The minimum absolute atomic E-state index is 0.0112. The standard InChI is InChI=1S/C12H17NO/c1-4-11-5-7-12(8-6-11)9(2)13-10(3)14/h5-9H,4H2,1-3H3,(H,13,14). The van der Waals surface area contributed by atoms with E-state index in [4.69, 9.17) is 0 Å². The Labute approximate surface area is 85.3 Å². The fourth-order valence-electron chi connectivity index (χ4n) is 1.43. The van der Waals surface area contributed by atoms with Crippen LogP contribution in [-0.4, -0.2) is 5.91 Å². The number of amides is 1. The molecule has 2 heteroatoms. The van der Waals surface area contributed by atoms with E-state index in [1.165, 1.54) is 12.5 Å². The largest absolute Gasteiger partial charge is 0.350 e. The Bertz CT molecular complexity index is 303. The van der Waals surface area contributed by atoms with Crippen molar-refractivity contribution < 1.29 is 4.79 Å². The fraction of sp³-hybridized carbons (Fsp3) is 0.417. The Morgan fingerprint density at radius 2 is 1.93 bits per heavy atom. The van der Waals surface area contributed by atoms with Gasteiger partial charge in [0.05, 0.1) is 6.04 Å². The molecule has 0 bridgehead atoms. The number of nitrogens with one attached hydrogen (secondary N) is 1. The number of carbonyl (C=O) groups excluding carboxylic acids is 1. The van der Waals surface area contributed by atoms with Crippen LogP contribution in [0, 0.1) is 0 Å². The molecule has 1 aromatic rings. The van der Waals surface area contributed by atoms with Gasteiger partial charge in [-0.2, -0.15) is 0 Å². The lowest BCUT2D eigenvalue weighted by Gasteiger charge is -2.12. The van der Waals surface area contributed by atoms with E-state index in [1.54, 1.807) is 0 Å². The van der Waals surface area contributed by atoms with Gasteiger partial charge in [-0.05, 0) is 24.5 Å². The zero-order valence-corrected chi connectivity index (χ0v) is 9.00. The van der Waals surface area contributed by atoms with Crippen molar-refractivity contribution in [1.82, 2.24) is 5.32 Å². The van der Waals surface area contributed by atoms with Crippen LogP contribution in [0.25, 0.3) is 0 Å². The van der Waals surface area contributed by atoms with E-state index in [9.17, 15) is 4.79 Å². The highest BCUT2D eigenvalue weighted by Gasteiger charge is 2.05. The van der Waals surface area contributed by atoms with Crippen molar-refractivity contribution in [2.45, 2.75) is 33.2 Å². The Balaban J connectivity index is 2.71. The molecule has 0 aliphatic heterocycles. The van der Waals surface area contributed by atoms with Crippen molar-refractivity contribution in [1.29, 1.82) is 0 Å². The first-order valence-corrected chi connectivity index (χ1v) is 4.99. The maximum atomic E-state index is 10.8. The summed E-state index contributed by atoms with van der Waals surface area (Å²) in [6.45, 7) is 5.66. The zero-order valence-electron chi connectivity index (χ0n) is 9.00. The monoisotopic (exact) mass is 191 g/mol. The average molecular weight is 191 g/mol. The third-order valence-corrected chi connectivity index (χ3v) is 2.31. The van der Waals surface area contributed by atoms with Crippen LogP contribution in [0.4, 0.5) is 0 Å². The molecule has 0 aliphatic rings. The minimum Gasteiger partial charge on any atom is -0.350 e. The van der Waals surface area contributed by atoms with Gasteiger partial charge in [0.25, 0.3) is 0 Å². The first-order chi connectivity index (χ1) is 6.63. The van der Waals surface area contributed by atoms with Crippen LogP contribution in [0.3, 0.4) is 0 Å². The Hall–Kier alpha value is -1.31. The first kappa shape index (κ1) is 10.8. The Morgan fingerprint density at radius 1 is 1.36 bits per heavy atom. The van der Waals surface area contributed by atoms with Gasteiger partial charge >= 0.3 is 0 Å². The fourth-order valence-corrected chi connectivity index (χ4v) is 1.43. The second-order valence-electron chi connectivity index (χ2n) is 3.52. The summed E-state index contributed by atoms with van der Waals surface area (Å²) in [7, 11) is 0. The molecule has 14 heavy (non-hydrogen) atoms. The molecule has 0 heterocycles. The molecule has 2 nitrogen and oxygen atoms in total. The second kappa shape index (κ2) is 4.80. The molecule has 0 aromatic heterocycles. The highest BCUT2D eigenvalue weighted by molar-refractivity contribution is 5.73. The van der Waals surface area contributed by atoms with Crippen molar-refractivity contribution in [2.24, 2.45) is 0 Å². The van der Waals surface area contributed by atoms with Gasteiger partial charge in [0.15, 0.2) is 0 Å². The molecule has 0 saturated heterocycles. The molecule has 0 fully saturated rings. The van der Waals surface area contributed by atoms with E-state index in [0.717, 1.165) is 12.0 Å². The molecule has 0 spiro atoms. The van der Waals surface area contributed by atoms with E-state index in [0.29, 0.717) is 0 Å². The van der Waals surface area contributed by atoms with Crippen molar-refractivity contribution in [3.05, 3.63) is 35.4 Å². The highest BCUT2D eigenvalue weighted by atomic mass is 16.1. The van der Waals surface area contributed by atoms with E-state index in [-0.39, 0.29) is 11.9 Å². The summed E-state index contributed by atoms with van der Waals surface area (Å²) >= 11 is 0. The predicted octanol–water partition coefficient (Wildman–Crippen LogP) is 2.45. The molecular weight excluding hydrogens is 174 g/mol. The predicted molar refractivity (Wildman–Crippen MR) is 58.1 cm³/mol. The van der Waals surface area contributed by atoms with E-state index < -0.39 is 0 Å². The molecule has 0 aliphatic carbocycles. The van der Waals surface area contributed by atoms with E-state index in [1.807, 2.05) is 6.92 Å². The Morgan fingerprint density at radius 3 is 2.36 bits per heavy atom. The van der Waals surface area contributed by atoms with Gasteiger partial charge in [0, 0.05) is 6.92 Å². The normalized spacial score (nSPS) is 12.2. The number of aryl methyl sites for hydroxylation is 1. The molecule has 1 N–H and O–H groups in total. The number of carbonyl (C=O) groups is 1. The lowest BCUT2D eigenvalue weighted by Crippen LogP contribution is -2.23. The van der Waals surface area contributed by atoms with Crippen LogP contribution in [0.1, 0.15) is 37.9 Å². The van der Waals surface area contributed by atoms with Crippen molar-refractivity contribution in [2.75, 3.05) is 0 Å². The first-order valence-electron chi connectivity index (χ1n) is 4.99. The van der Waals surface area contributed by atoms with Gasteiger partial charge in [0.1, 0.15) is 0 Å². The zero-order chi connectivity index (χ0) is 10.6. The quantitative estimate of drug-likeness (QED) is 0.781. The van der Waals surface area contributed by atoms with Crippen LogP contribution in [-0.2, 0) is 11.2 Å². The summed E-state index contributed by atoms with van der Waals surface area (Å²) in [5.74, 6) is 0.0112. The average Bonchev–Trinajstić information content (AvgIpc) is 2.17. The van der Waals surface area contributed by atoms with Gasteiger partial charge in [-0.1, -0.05) is 31.2 Å². The van der Waals surface area contributed by atoms with Crippen molar-refractivity contribution in [3.63, 3.8) is 0 Å². The molecule has 1 atom stereocenters. The molecular formula is C12H17NO. The summed E-state index contributed by atoms with van der Waals surface area (Å²) in [5.41, 5.74) is 2.47. The number of benzene rings is 1. The molecule has 1 rings (SSSR count). The lowest BCUT2D eigenvalue weighted by molar-refractivity contribution is -0.119. The van der Waals surface area contributed by atoms with Crippen molar-refractivity contribution in [3.8, 4) is 0 Å². The Kier molecular flexibility index (Phi) is 3.69. The van der Waals surface area contributed by atoms with E-state index in [2.05, 4.69) is 36.5 Å². The topological polar surface area (TPSA) is 29.1 Å². The van der Waals surface area contributed by atoms with E-state index >= 15 is 0 Å². The maximum absolute atomic E-state index is 10.8. The van der Waals surface area contributed by atoms with Crippen LogP contribution >= 0.6 is 0 Å². The molecule has 1 unspecified atom stereocenters. The summed E-state index contributed by atoms with van der Waals surface area (Å²) in [5, 5.41) is 2.86. The van der Waals surface area contributed by atoms with Gasteiger partial charge in [-0.15, -0.1) is 0 Å². The molecule has 0 saturated carbocycles. The summed E-state index contributed by atoms with van der Waals surface area (Å²) in [6.07, 6.45) is 1.05. The van der Waals surface area contributed by atoms with Gasteiger partial charge < -0.3 is 5.32 Å². The summed E-state index contributed by atoms with van der Waals surface area (Å²) < 4.78 is 0. The highest BCUT2D eigenvalue weighted by Crippen LogP contribution is 2.13. The smallest absolute Gasteiger partial charge is 0.217 e. The molecule has 76 valence electrons. The lowest BCUT2D eigenvalue weighted by atomic mass is 10.1. The molecule has 1 aromatic carbocycles. The molecule has 0 radical (unpaired) electrons. The van der Waals surface area contributed by atoms with Crippen LogP contribution in [0.2, 0.25) is 0 Å². The summed E-state index contributed by atoms with van der Waals surface area (Å²) in [6, 6.07) is 8.44. The third-order valence-electron chi connectivity index (χ3n) is 2.31. The summed E-state index contributed by atoms with van der Waals surface area (Å²) in [4.78, 5) is 10.8. The van der Waals surface area contributed by atoms with Crippen molar-refractivity contribution >= 4 is 5.91 Å². The SMILES string of the molecule is CCc1ccc(C(C)NC(C)=O)cc1. The van der Waals surface area contributed by atoms with Gasteiger partial charge in [-0.25, -0.2) is 0 Å². The minimum atomic E-state index is 0.0112. The number of hydrogen-bond acceptors (Lipinski definition) is 1. The van der Waals surface area contributed by atoms with Crippen LogP contribution < -0.4 is 5.32 Å². The number of rotatable bonds is 3. The van der Waals surface area contributed by atoms with Crippen LogP contribution in [0.15, 0.2) is 24.3 Å². The van der Waals surface area contributed by atoms with Gasteiger partial charge in [0.2, 0.25) is 5.91 Å². The third kappa shape index (κ3) is 2.87. The van der Waals surface area contributed by atoms with Gasteiger partial charge in [-0.3, -0.25) is 4.79 Å². The number of hydrogen-bond donors (Lipinski definition) is 1. The second-order valence-corrected chi connectivity index (χ2v) is 3.52. The van der Waals surface area contributed by atoms with Crippen LogP contribution in [0.5, 0.6) is 0 Å². The molecule has 1 amide bonds.